The summed E-state index contributed by atoms with van der Waals surface area (Å²) in [7, 11) is -1.87. The Bertz CT molecular complexity index is 552. The summed E-state index contributed by atoms with van der Waals surface area (Å²) in [5, 5.41) is 0.155. The van der Waals surface area contributed by atoms with E-state index in [1.54, 1.807) is 0 Å². The number of carbonyl (C=O) groups is 1. The molecule has 0 aromatic carbocycles. The molecule has 0 aromatic rings. The smallest absolute Gasteiger partial charge is 0.304 e. The quantitative estimate of drug-likeness (QED) is 0.154. The zero-order valence-corrected chi connectivity index (χ0v) is 21.1. The highest BCUT2D eigenvalue weighted by molar-refractivity contribution is 6.74. The summed E-state index contributed by atoms with van der Waals surface area (Å²) in [5.41, 5.74) is 0. The highest BCUT2D eigenvalue weighted by atomic mass is 28.4. The summed E-state index contributed by atoms with van der Waals surface area (Å²) < 4.78 is 35.5. The number of ether oxygens (including phenoxy) is 5. The Morgan fingerprint density at radius 1 is 1.17 bits per heavy atom. The van der Waals surface area contributed by atoms with Crippen molar-refractivity contribution in [1.29, 1.82) is 0 Å². The Kier molecular flexibility index (Phi) is 8.93. The van der Waals surface area contributed by atoms with E-state index in [-0.39, 0.29) is 42.0 Å². The molecule has 0 radical (unpaired) electrons. The van der Waals surface area contributed by atoms with Gasteiger partial charge in [-0.15, -0.1) is 0 Å². The van der Waals surface area contributed by atoms with Gasteiger partial charge in [0.15, 0.2) is 20.9 Å². The lowest BCUT2D eigenvalue weighted by Crippen LogP contribution is -2.53. The lowest BCUT2D eigenvalue weighted by atomic mass is 9.92. The number of rotatable bonds is 11. The molecule has 2 aliphatic heterocycles. The van der Waals surface area contributed by atoms with Gasteiger partial charge in [-0.25, -0.2) is 0 Å². The van der Waals surface area contributed by atoms with Crippen LogP contribution in [0, 0.1) is 5.92 Å². The summed E-state index contributed by atoms with van der Waals surface area (Å²) in [6.07, 6.45) is 2.22. The fourth-order valence-electron chi connectivity index (χ4n) is 3.49. The standard InChI is InChI=1S/C22H42O7Si/c1-9-22(10-2)28-17(12-24-15-26-16(3)23)11-19(29-22)18(20-14-25-20)13-27-30(7,8)21(4,5)6/h17-20H,9-15H2,1-8H3/t17-,18+,19+,20+/m1/s1. The number of esters is 1. The van der Waals surface area contributed by atoms with Crippen LogP contribution in [0.3, 0.4) is 0 Å². The molecule has 176 valence electrons. The third-order valence-corrected chi connectivity index (χ3v) is 11.2. The van der Waals surface area contributed by atoms with E-state index in [4.69, 9.17) is 28.1 Å². The van der Waals surface area contributed by atoms with Gasteiger partial charge >= 0.3 is 5.97 Å². The van der Waals surface area contributed by atoms with Gasteiger partial charge in [-0.2, -0.15) is 0 Å². The molecule has 0 bridgehead atoms. The van der Waals surface area contributed by atoms with Crippen molar-refractivity contribution in [3.05, 3.63) is 0 Å². The monoisotopic (exact) mass is 446 g/mol. The maximum absolute atomic E-state index is 11.0. The topological polar surface area (TPSA) is 75.8 Å². The molecule has 2 fully saturated rings. The molecule has 7 nitrogen and oxygen atoms in total. The van der Waals surface area contributed by atoms with Crippen molar-refractivity contribution in [1.82, 2.24) is 0 Å². The lowest BCUT2D eigenvalue weighted by molar-refractivity contribution is -0.335. The number of epoxide rings is 1. The van der Waals surface area contributed by atoms with Crippen LogP contribution >= 0.6 is 0 Å². The van der Waals surface area contributed by atoms with Crippen molar-refractivity contribution in [3.63, 3.8) is 0 Å². The van der Waals surface area contributed by atoms with Crippen LogP contribution in [0.25, 0.3) is 0 Å². The second kappa shape index (κ2) is 10.4. The van der Waals surface area contributed by atoms with Gasteiger partial charge in [0, 0.05) is 25.9 Å². The number of hydrogen-bond acceptors (Lipinski definition) is 7. The molecule has 30 heavy (non-hydrogen) atoms. The molecule has 2 heterocycles. The molecule has 0 aromatic heterocycles. The molecule has 0 saturated carbocycles. The van der Waals surface area contributed by atoms with Gasteiger partial charge in [0.25, 0.3) is 0 Å². The first-order chi connectivity index (χ1) is 13.9. The molecular formula is C22H42O7Si. The molecule has 8 heteroatoms. The maximum Gasteiger partial charge on any atom is 0.304 e. The van der Waals surface area contributed by atoms with Crippen molar-refractivity contribution in [2.24, 2.45) is 5.92 Å². The van der Waals surface area contributed by atoms with E-state index in [0.29, 0.717) is 19.6 Å². The predicted octanol–water partition coefficient (Wildman–Crippen LogP) is 4.25. The van der Waals surface area contributed by atoms with Crippen LogP contribution in [0.4, 0.5) is 0 Å². The summed E-state index contributed by atoms with van der Waals surface area (Å²) in [4.78, 5) is 11.0. The Morgan fingerprint density at radius 3 is 2.30 bits per heavy atom. The third-order valence-electron chi connectivity index (χ3n) is 6.73. The molecule has 0 unspecified atom stereocenters. The van der Waals surface area contributed by atoms with E-state index in [1.807, 2.05) is 0 Å². The van der Waals surface area contributed by atoms with Gasteiger partial charge in [0.2, 0.25) is 0 Å². The van der Waals surface area contributed by atoms with E-state index in [1.165, 1.54) is 6.92 Å². The fraction of sp³-hybridized carbons (Fsp3) is 0.955. The summed E-state index contributed by atoms with van der Waals surface area (Å²) in [6.45, 7) is 18.5. The predicted molar refractivity (Wildman–Crippen MR) is 117 cm³/mol. The zero-order chi connectivity index (χ0) is 22.6. The van der Waals surface area contributed by atoms with Gasteiger partial charge in [0.1, 0.15) is 0 Å². The second-order valence-electron chi connectivity index (χ2n) is 9.98. The van der Waals surface area contributed by atoms with E-state index >= 15 is 0 Å². The van der Waals surface area contributed by atoms with Crippen molar-refractivity contribution in [2.75, 3.05) is 26.6 Å². The third kappa shape index (κ3) is 7.00. The molecule has 2 saturated heterocycles. The first-order valence-corrected chi connectivity index (χ1v) is 14.2. The van der Waals surface area contributed by atoms with Crippen LogP contribution in [0.1, 0.15) is 60.8 Å². The SMILES string of the molecule is CCC1(CC)O[C@@H](COCOC(C)=O)C[C@@H]([C@H](CO[Si](C)(C)C(C)(C)C)[C@@H]2CO2)O1. The molecule has 0 spiro atoms. The molecule has 0 amide bonds. The van der Waals surface area contributed by atoms with Gasteiger partial charge in [-0.1, -0.05) is 34.6 Å². The van der Waals surface area contributed by atoms with Gasteiger partial charge in [0.05, 0.1) is 31.5 Å². The average Bonchev–Trinajstić information content (AvgIpc) is 3.49. The van der Waals surface area contributed by atoms with E-state index in [0.717, 1.165) is 19.4 Å². The van der Waals surface area contributed by atoms with Crippen molar-refractivity contribution in [3.8, 4) is 0 Å². The van der Waals surface area contributed by atoms with Crippen LogP contribution < -0.4 is 0 Å². The van der Waals surface area contributed by atoms with Crippen LogP contribution in [-0.4, -0.2) is 65.0 Å². The molecule has 2 aliphatic rings. The summed E-state index contributed by atoms with van der Waals surface area (Å²) in [5.74, 6) is -0.829. The van der Waals surface area contributed by atoms with Crippen molar-refractivity contribution in [2.45, 2.75) is 103 Å². The Balaban J connectivity index is 2.07. The zero-order valence-electron chi connectivity index (χ0n) is 20.1. The number of carbonyl (C=O) groups excluding carboxylic acids is 1. The van der Waals surface area contributed by atoms with E-state index in [9.17, 15) is 4.79 Å². The van der Waals surface area contributed by atoms with Crippen LogP contribution in [0.2, 0.25) is 18.1 Å². The van der Waals surface area contributed by atoms with Gasteiger partial charge in [-0.05, 0) is 31.0 Å². The average molecular weight is 447 g/mol. The number of hydrogen-bond donors (Lipinski definition) is 0. The van der Waals surface area contributed by atoms with Crippen molar-refractivity contribution >= 4 is 14.3 Å². The lowest BCUT2D eigenvalue weighted by Gasteiger charge is -2.46. The van der Waals surface area contributed by atoms with Crippen molar-refractivity contribution < 1.29 is 32.9 Å². The normalized spacial score (nSPS) is 27.5. The molecular weight excluding hydrogens is 404 g/mol. The molecule has 4 atom stereocenters. The molecule has 0 aliphatic carbocycles. The minimum absolute atomic E-state index is 0.0294. The first kappa shape index (κ1) is 25.7. The summed E-state index contributed by atoms with van der Waals surface area (Å²) in [6, 6.07) is 0. The molecule has 2 rings (SSSR count). The fourth-order valence-corrected chi connectivity index (χ4v) is 4.53. The largest absolute Gasteiger partial charge is 0.439 e. The molecule has 0 N–H and O–H groups in total. The van der Waals surface area contributed by atoms with Gasteiger partial charge < -0.3 is 28.1 Å². The highest BCUT2D eigenvalue weighted by Crippen LogP contribution is 2.41. The Hall–Kier alpha value is -0.513. The minimum atomic E-state index is -1.87. The highest BCUT2D eigenvalue weighted by Gasteiger charge is 2.48. The van der Waals surface area contributed by atoms with Gasteiger partial charge in [-0.3, -0.25) is 4.79 Å². The van der Waals surface area contributed by atoms with Crippen LogP contribution in [0.5, 0.6) is 0 Å². The summed E-state index contributed by atoms with van der Waals surface area (Å²) >= 11 is 0. The Labute approximate surface area is 183 Å². The second-order valence-corrected chi connectivity index (χ2v) is 14.8. The van der Waals surface area contributed by atoms with E-state index < -0.39 is 14.1 Å². The van der Waals surface area contributed by atoms with E-state index in [2.05, 4.69) is 47.7 Å². The van der Waals surface area contributed by atoms with Crippen LogP contribution in [0.15, 0.2) is 0 Å². The van der Waals surface area contributed by atoms with Crippen LogP contribution in [-0.2, 0) is 32.9 Å². The minimum Gasteiger partial charge on any atom is -0.439 e. The Morgan fingerprint density at radius 2 is 1.80 bits per heavy atom. The first-order valence-electron chi connectivity index (χ1n) is 11.3. The maximum atomic E-state index is 11.0.